The Morgan fingerprint density at radius 2 is 1.83 bits per heavy atom. The largest absolute Gasteiger partial charge is 1.00 e. The zero-order valence-corrected chi connectivity index (χ0v) is 6.83. The maximum atomic E-state index is 7.83. The molecule has 4 heteroatoms. The Hall–Kier alpha value is 1.21. The van der Waals surface area contributed by atoms with Gasteiger partial charge in [0.05, 0.1) is 6.23 Å². The molecule has 0 aliphatic carbocycles. The Balaban J connectivity index is -0.0000000150. The van der Waals surface area contributed by atoms with E-state index in [9.17, 15) is 0 Å². The quantitative estimate of drug-likeness (QED) is 0.262. The fourth-order valence-corrected chi connectivity index (χ4v) is 0. The molecular formula is C2H9ClNNaO. The van der Waals surface area contributed by atoms with Gasteiger partial charge >= 0.3 is 29.6 Å². The van der Waals surface area contributed by atoms with Crippen LogP contribution in [0.15, 0.2) is 0 Å². The Labute approximate surface area is 67.3 Å². The summed E-state index contributed by atoms with van der Waals surface area (Å²) in [6, 6.07) is 0. The summed E-state index contributed by atoms with van der Waals surface area (Å²) < 4.78 is 0. The Kier molecular flexibility index (Phi) is 24.9. The van der Waals surface area contributed by atoms with E-state index in [-0.39, 0.29) is 43.4 Å². The van der Waals surface area contributed by atoms with E-state index in [0.29, 0.717) is 0 Å². The molecule has 0 aromatic rings. The zero-order chi connectivity index (χ0) is 3.58. The molecule has 6 heavy (non-hydrogen) atoms. The minimum Gasteiger partial charge on any atom is -1.00 e. The summed E-state index contributed by atoms with van der Waals surface area (Å²) in [6.07, 6.45) is -0.667. The molecule has 0 fully saturated rings. The molecule has 0 amide bonds. The normalized spacial score (nSPS) is 10.5. The van der Waals surface area contributed by atoms with Crippen molar-refractivity contribution in [3.8, 4) is 0 Å². The second kappa shape index (κ2) is 9.51. The van der Waals surface area contributed by atoms with Crippen LogP contribution in [0.2, 0.25) is 0 Å². The van der Waals surface area contributed by atoms with Crippen LogP contribution in [0.1, 0.15) is 8.35 Å². The summed E-state index contributed by atoms with van der Waals surface area (Å²) in [5, 5.41) is 7.83. The number of aliphatic hydroxyl groups excluding tert-OH is 1. The summed E-state index contributed by atoms with van der Waals surface area (Å²) >= 11 is 0. The van der Waals surface area contributed by atoms with Crippen LogP contribution in [0.4, 0.5) is 0 Å². The number of halogens is 1. The Morgan fingerprint density at radius 3 is 1.83 bits per heavy atom. The van der Waals surface area contributed by atoms with Crippen LogP contribution < -0.4 is 35.3 Å². The molecule has 1 atom stereocenters. The third kappa shape index (κ3) is 63.1. The maximum absolute atomic E-state index is 7.83. The van der Waals surface area contributed by atoms with Crippen molar-refractivity contribution in [3.63, 3.8) is 0 Å². The van der Waals surface area contributed by atoms with Gasteiger partial charge in [0, 0.05) is 0 Å². The van der Waals surface area contributed by atoms with Gasteiger partial charge in [-0.3, -0.25) is 0 Å². The van der Waals surface area contributed by atoms with Crippen molar-refractivity contribution in [1.29, 1.82) is 0 Å². The van der Waals surface area contributed by atoms with E-state index in [0.717, 1.165) is 0 Å². The van der Waals surface area contributed by atoms with Gasteiger partial charge in [0.25, 0.3) is 0 Å². The first-order valence-corrected chi connectivity index (χ1v) is 1.17. The Morgan fingerprint density at radius 1 is 1.83 bits per heavy atom. The molecule has 0 aromatic heterocycles. The second-order valence-electron chi connectivity index (χ2n) is 0.741. The van der Waals surface area contributed by atoms with Gasteiger partial charge in [-0.15, -0.1) is 12.4 Å². The van der Waals surface area contributed by atoms with Crippen LogP contribution in [0, 0.1) is 0 Å². The van der Waals surface area contributed by atoms with Crippen molar-refractivity contribution < 1.29 is 36.1 Å². The van der Waals surface area contributed by atoms with Crippen LogP contribution in [0.25, 0.3) is 0 Å². The average Bonchev–Trinajstić information content (AvgIpc) is 0.811. The first-order chi connectivity index (χ1) is 1.73. The fraction of sp³-hybridized carbons (Fsp3) is 1.00. The molecule has 0 saturated carbocycles. The smallest absolute Gasteiger partial charge is 1.00 e. The predicted molar refractivity (Wildman–Crippen MR) is 24.2 cm³/mol. The van der Waals surface area contributed by atoms with Gasteiger partial charge in [0.1, 0.15) is 0 Å². The number of aliphatic hydroxyl groups is 1. The van der Waals surface area contributed by atoms with Crippen molar-refractivity contribution in [3.05, 3.63) is 0 Å². The van der Waals surface area contributed by atoms with Crippen LogP contribution in [0.3, 0.4) is 0 Å². The van der Waals surface area contributed by atoms with E-state index in [1.807, 2.05) is 0 Å². The molecule has 0 aromatic carbocycles. The third-order valence-corrected chi connectivity index (χ3v) is 0. The van der Waals surface area contributed by atoms with Gasteiger partial charge in [0.2, 0.25) is 0 Å². The average molecular weight is 122 g/mol. The van der Waals surface area contributed by atoms with E-state index in [4.69, 9.17) is 5.11 Å². The molecule has 36 valence electrons. The minimum atomic E-state index is -0.667. The first kappa shape index (κ1) is 15.7. The predicted octanol–water partition coefficient (Wildman–Crippen LogP) is -3.18. The number of nitrogens with two attached hydrogens (primary N) is 1. The number of hydrogen-bond donors (Lipinski definition) is 2. The zero-order valence-electron chi connectivity index (χ0n) is 5.01. The Bertz CT molecular complexity index is 22.4. The van der Waals surface area contributed by atoms with Gasteiger partial charge < -0.3 is 12.3 Å². The van der Waals surface area contributed by atoms with Gasteiger partial charge in [-0.05, 0) is 6.92 Å². The molecule has 0 saturated heterocycles. The molecular weight excluding hydrogens is 112 g/mol. The summed E-state index contributed by atoms with van der Waals surface area (Å²) in [5.74, 6) is 0. The molecule has 0 radical (unpaired) electrons. The SMILES string of the molecule is CC(N)O.Cl.[H-].[Na+]. The summed E-state index contributed by atoms with van der Waals surface area (Å²) in [7, 11) is 0. The van der Waals surface area contributed by atoms with Gasteiger partial charge in [0.15, 0.2) is 0 Å². The van der Waals surface area contributed by atoms with Crippen molar-refractivity contribution in [2.45, 2.75) is 13.2 Å². The van der Waals surface area contributed by atoms with E-state index in [1.165, 1.54) is 6.92 Å². The van der Waals surface area contributed by atoms with Gasteiger partial charge in [-0.25, -0.2) is 0 Å². The number of hydrogen-bond acceptors (Lipinski definition) is 2. The first-order valence-electron chi connectivity index (χ1n) is 1.17. The number of rotatable bonds is 0. The van der Waals surface area contributed by atoms with Crippen molar-refractivity contribution in [1.82, 2.24) is 0 Å². The van der Waals surface area contributed by atoms with Crippen LogP contribution in [-0.4, -0.2) is 11.3 Å². The van der Waals surface area contributed by atoms with Crippen LogP contribution in [-0.2, 0) is 0 Å². The standard InChI is InChI=1S/C2H7NO.ClH.Na.H/c1-2(3)4;;;/h2,4H,3H2,1H3;1H;;/q;;+1;-1. The van der Waals surface area contributed by atoms with E-state index in [2.05, 4.69) is 5.73 Å². The van der Waals surface area contributed by atoms with Crippen LogP contribution in [0.5, 0.6) is 0 Å². The molecule has 0 aliphatic heterocycles. The summed E-state index contributed by atoms with van der Waals surface area (Å²) in [5.41, 5.74) is 4.67. The van der Waals surface area contributed by atoms with Crippen molar-refractivity contribution in [2.24, 2.45) is 5.73 Å². The molecule has 0 bridgehead atoms. The minimum absolute atomic E-state index is 0. The summed E-state index contributed by atoms with van der Waals surface area (Å²) in [4.78, 5) is 0. The monoisotopic (exact) mass is 121 g/mol. The van der Waals surface area contributed by atoms with Gasteiger partial charge in [-0.2, -0.15) is 0 Å². The van der Waals surface area contributed by atoms with E-state index < -0.39 is 6.23 Å². The molecule has 0 aliphatic rings. The molecule has 0 spiro atoms. The molecule has 1 unspecified atom stereocenters. The molecule has 0 heterocycles. The second-order valence-corrected chi connectivity index (χ2v) is 0.741. The van der Waals surface area contributed by atoms with Crippen molar-refractivity contribution >= 4 is 12.4 Å². The molecule has 3 N–H and O–H groups in total. The maximum Gasteiger partial charge on any atom is 1.00 e. The van der Waals surface area contributed by atoms with Crippen molar-refractivity contribution in [2.75, 3.05) is 0 Å². The summed E-state index contributed by atoms with van der Waals surface area (Å²) in [6.45, 7) is 1.50. The third-order valence-electron chi connectivity index (χ3n) is 0. The topological polar surface area (TPSA) is 46.2 Å². The molecule has 2 nitrogen and oxygen atoms in total. The fourth-order valence-electron chi connectivity index (χ4n) is 0. The van der Waals surface area contributed by atoms with E-state index in [1.54, 1.807) is 0 Å². The van der Waals surface area contributed by atoms with E-state index >= 15 is 0 Å². The van der Waals surface area contributed by atoms with Gasteiger partial charge in [-0.1, -0.05) is 0 Å². The van der Waals surface area contributed by atoms with Crippen LogP contribution >= 0.6 is 12.4 Å². The molecule has 0 rings (SSSR count).